The van der Waals surface area contributed by atoms with Crippen LogP contribution in [0.25, 0.3) is 10.8 Å². The molecular formula is C28H28N6O14S3. The minimum absolute atomic E-state index is 0.0393. The quantitative estimate of drug-likeness (QED) is 0.0551. The molecule has 8 N–H and O–H groups in total. The van der Waals surface area contributed by atoms with Crippen molar-refractivity contribution < 1.29 is 63.9 Å². The lowest BCUT2D eigenvalue weighted by molar-refractivity contribution is -0.117. The molecule has 0 unspecified atom stereocenters. The molecule has 0 saturated carbocycles. The van der Waals surface area contributed by atoms with E-state index in [1.165, 1.54) is 36.4 Å². The number of phenolic OH excluding ortho intramolecular Hbond substituents is 1. The Kier molecular flexibility index (Phi) is 11.5. The third kappa shape index (κ3) is 9.28. The molecule has 23 heteroatoms. The Morgan fingerprint density at radius 2 is 1.27 bits per heavy atom. The number of fused-ring (bicyclic) bond motifs is 1. The van der Waals surface area contributed by atoms with E-state index in [2.05, 4.69) is 20.5 Å². The van der Waals surface area contributed by atoms with Crippen molar-refractivity contribution in [2.75, 3.05) is 32.2 Å². The number of aromatic hydroxyl groups is 1. The van der Waals surface area contributed by atoms with Crippen LogP contribution in [0.3, 0.4) is 0 Å². The molecule has 272 valence electrons. The molecule has 0 radical (unpaired) electrons. The number of nitrogens with zero attached hydrogens (tertiary/aromatic N) is 4. The third-order valence-electron chi connectivity index (χ3n) is 6.43. The molecule has 0 aliphatic rings. The number of carbonyl (C=O) groups is 1. The number of amides is 1. The Hall–Kier alpha value is -5.30. The van der Waals surface area contributed by atoms with Gasteiger partial charge in [-0.3, -0.25) is 13.9 Å². The van der Waals surface area contributed by atoms with Gasteiger partial charge in [0.1, 0.15) is 51.6 Å². The first kappa shape index (κ1) is 38.5. The predicted octanol–water partition coefficient (Wildman–Crippen LogP) is 3.02. The second kappa shape index (κ2) is 15.3. The zero-order chi connectivity index (χ0) is 37.7. The van der Waals surface area contributed by atoms with Crippen molar-refractivity contribution in [3.8, 4) is 17.2 Å². The van der Waals surface area contributed by atoms with Crippen molar-refractivity contribution in [2.45, 2.75) is 21.6 Å². The molecule has 51 heavy (non-hydrogen) atoms. The molecule has 0 aliphatic heterocycles. The van der Waals surface area contributed by atoms with Crippen molar-refractivity contribution in [1.29, 1.82) is 0 Å². The molecule has 4 aromatic carbocycles. The summed E-state index contributed by atoms with van der Waals surface area (Å²) < 4.78 is 105. The number of anilines is 1. The Morgan fingerprint density at radius 3 is 1.76 bits per heavy atom. The highest BCUT2D eigenvalue weighted by molar-refractivity contribution is 7.90. The minimum atomic E-state index is -5.16. The Morgan fingerprint density at radius 1 is 0.765 bits per heavy atom. The lowest BCUT2D eigenvalue weighted by Gasteiger charge is -2.13. The molecule has 20 nitrogen and oxygen atoms in total. The van der Waals surface area contributed by atoms with Gasteiger partial charge >= 0.3 is 0 Å². The number of aliphatic hydroxyl groups is 2. The maximum atomic E-state index is 12.3. The van der Waals surface area contributed by atoms with Crippen LogP contribution in [0.5, 0.6) is 17.2 Å². The molecule has 0 fully saturated rings. The fourth-order valence-electron chi connectivity index (χ4n) is 4.30. The number of phenols is 1. The zero-order valence-electron chi connectivity index (χ0n) is 26.0. The molecule has 0 bridgehead atoms. The highest BCUT2D eigenvalue weighted by atomic mass is 32.2. The van der Waals surface area contributed by atoms with Gasteiger partial charge in [0.15, 0.2) is 5.75 Å². The smallest absolute Gasteiger partial charge is 0.296 e. The molecule has 0 aliphatic carbocycles. The van der Waals surface area contributed by atoms with Gasteiger partial charge in [0, 0.05) is 24.4 Å². The van der Waals surface area contributed by atoms with Crippen molar-refractivity contribution >= 4 is 75.4 Å². The van der Waals surface area contributed by atoms with Crippen LogP contribution in [-0.2, 0) is 35.1 Å². The summed E-state index contributed by atoms with van der Waals surface area (Å²) in [7, 11) is -14.1. The number of benzene rings is 4. The molecule has 4 aromatic rings. The molecular weight excluding hydrogens is 741 g/mol. The summed E-state index contributed by atoms with van der Waals surface area (Å²) in [6, 6.07) is 9.78. The van der Waals surface area contributed by atoms with E-state index in [1.807, 2.05) is 4.72 Å². The van der Waals surface area contributed by atoms with E-state index in [0.717, 1.165) is 25.1 Å². The van der Waals surface area contributed by atoms with E-state index < -0.39 is 76.3 Å². The summed E-state index contributed by atoms with van der Waals surface area (Å²) in [5, 5.41) is 45.1. The number of nitrogens with one attached hydrogen (secondary N) is 1. The molecule has 4 rings (SSSR count). The number of rotatable bonds is 14. The topological polar surface area (TPSA) is 327 Å². The lowest BCUT2D eigenvalue weighted by Crippen LogP contribution is -2.28. The first-order chi connectivity index (χ1) is 23.8. The standard InChI is InChI=1S/C28H28N6O14S3/c1-15(37)34-49(39,40)18-4-2-17(3-5-18)30-31-21-13-24(48-9-7-36)22(14-23(21)47-8-6-35)32-33-27-26(51(44,45)46)11-16-10-25(50(41,42)43)20(29)12-19(16)28(27)38/h2-5,10-14,35-36,38H,6-9,29H2,1H3,(H,34,37)(H,41,42,43)(H,44,45,46). The molecule has 0 heterocycles. The van der Waals surface area contributed by atoms with Gasteiger partial charge in [-0.05, 0) is 47.9 Å². The summed E-state index contributed by atoms with van der Waals surface area (Å²) in [6.45, 7) is -0.459. The normalized spacial score (nSPS) is 12.5. The summed E-state index contributed by atoms with van der Waals surface area (Å²) in [6.07, 6.45) is 0. The number of carbonyl (C=O) groups excluding carboxylic acids is 1. The maximum Gasteiger partial charge on any atom is 0.296 e. The number of sulfonamides is 1. The maximum absolute atomic E-state index is 12.3. The van der Waals surface area contributed by atoms with E-state index in [-0.39, 0.29) is 57.4 Å². The van der Waals surface area contributed by atoms with Gasteiger partial charge in [-0.15, -0.1) is 15.3 Å². The van der Waals surface area contributed by atoms with Crippen LogP contribution in [0.15, 0.2) is 89.7 Å². The summed E-state index contributed by atoms with van der Waals surface area (Å²) in [4.78, 5) is 9.17. The number of nitrogen functional groups attached to an aromatic ring is 1. The van der Waals surface area contributed by atoms with Crippen LogP contribution in [0.2, 0.25) is 0 Å². The van der Waals surface area contributed by atoms with E-state index in [0.29, 0.717) is 0 Å². The molecule has 0 aromatic heterocycles. The van der Waals surface area contributed by atoms with E-state index in [1.54, 1.807) is 0 Å². The van der Waals surface area contributed by atoms with Crippen LogP contribution >= 0.6 is 0 Å². The zero-order valence-corrected chi connectivity index (χ0v) is 28.5. The number of azo groups is 2. The summed E-state index contributed by atoms with van der Waals surface area (Å²) in [5.74, 6) is -1.93. The minimum Gasteiger partial charge on any atom is -0.505 e. The van der Waals surface area contributed by atoms with Gasteiger partial charge in [-0.25, -0.2) is 13.1 Å². The number of hydrogen-bond donors (Lipinski definition) is 7. The highest BCUT2D eigenvalue weighted by Gasteiger charge is 2.25. The summed E-state index contributed by atoms with van der Waals surface area (Å²) in [5.41, 5.74) is 4.29. The van der Waals surface area contributed by atoms with Gasteiger partial charge in [0.2, 0.25) is 5.91 Å². The van der Waals surface area contributed by atoms with Crippen molar-refractivity contribution in [2.24, 2.45) is 20.5 Å². The monoisotopic (exact) mass is 768 g/mol. The summed E-state index contributed by atoms with van der Waals surface area (Å²) >= 11 is 0. The second-order valence-electron chi connectivity index (χ2n) is 10.1. The van der Waals surface area contributed by atoms with Gasteiger partial charge in [0.05, 0.1) is 29.5 Å². The fourth-order valence-corrected chi connectivity index (χ4v) is 6.58. The molecule has 1 amide bonds. The first-order valence-electron chi connectivity index (χ1n) is 14.0. The number of hydrogen-bond acceptors (Lipinski definition) is 17. The van der Waals surface area contributed by atoms with Crippen LogP contribution in [0.4, 0.5) is 28.4 Å². The number of ether oxygens (including phenoxy) is 2. The van der Waals surface area contributed by atoms with Crippen LogP contribution < -0.4 is 19.9 Å². The molecule has 0 atom stereocenters. The van der Waals surface area contributed by atoms with Crippen molar-refractivity contribution in [1.82, 2.24) is 4.72 Å². The third-order valence-corrected chi connectivity index (χ3v) is 9.66. The SMILES string of the molecule is CC(=O)NS(=O)(=O)c1ccc(N=Nc2cc(OCCO)c(N=Nc3c(S(=O)(=O)O)cc4cc(S(=O)(=O)O)c(N)cc4c3O)cc2OCCO)cc1. The number of aliphatic hydroxyl groups excluding tert-OH is 2. The number of nitrogens with two attached hydrogens (primary N) is 1. The Labute approximate surface area is 289 Å². The van der Waals surface area contributed by atoms with Crippen LogP contribution in [0.1, 0.15) is 6.92 Å². The van der Waals surface area contributed by atoms with E-state index >= 15 is 0 Å². The Balaban J connectivity index is 1.83. The highest BCUT2D eigenvalue weighted by Crippen LogP contribution is 2.45. The van der Waals surface area contributed by atoms with Gasteiger partial charge in [-0.2, -0.15) is 21.9 Å². The van der Waals surface area contributed by atoms with E-state index in [9.17, 15) is 54.5 Å². The Bertz CT molecular complexity index is 2380. The average molecular weight is 769 g/mol. The first-order valence-corrected chi connectivity index (χ1v) is 18.4. The van der Waals surface area contributed by atoms with Gasteiger partial charge < -0.3 is 30.5 Å². The van der Waals surface area contributed by atoms with Gasteiger partial charge in [-0.1, -0.05) is 0 Å². The molecule has 0 saturated heterocycles. The fraction of sp³-hybridized carbons (Fsp3) is 0.179. The molecule has 0 spiro atoms. The lowest BCUT2D eigenvalue weighted by atomic mass is 10.1. The largest absolute Gasteiger partial charge is 0.505 e. The second-order valence-corrected chi connectivity index (χ2v) is 14.6. The van der Waals surface area contributed by atoms with Crippen LogP contribution in [0, 0.1) is 0 Å². The van der Waals surface area contributed by atoms with Crippen molar-refractivity contribution in [3.05, 3.63) is 54.6 Å². The van der Waals surface area contributed by atoms with Gasteiger partial charge in [0.25, 0.3) is 30.3 Å². The average Bonchev–Trinajstić information content (AvgIpc) is 3.04. The van der Waals surface area contributed by atoms with E-state index in [4.69, 9.17) is 15.2 Å². The van der Waals surface area contributed by atoms with Crippen LogP contribution in [-0.4, -0.2) is 82.0 Å². The predicted molar refractivity (Wildman–Crippen MR) is 177 cm³/mol. The van der Waals surface area contributed by atoms with Crippen molar-refractivity contribution in [3.63, 3.8) is 0 Å².